The lowest BCUT2D eigenvalue weighted by Crippen LogP contribution is -2.12. The average Bonchev–Trinajstić information content (AvgIpc) is 3.11. The lowest BCUT2D eigenvalue weighted by molar-refractivity contribution is 0.102. The van der Waals surface area contributed by atoms with Gasteiger partial charge in [-0.25, -0.2) is 9.50 Å². The van der Waals surface area contributed by atoms with Gasteiger partial charge in [-0.3, -0.25) is 4.79 Å². The van der Waals surface area contributed by atoms with Crippen molar-refractivity contribution in [3.8, 4) is 0 Å². The Labute approximate surface area is 148 Å². The zero-order chi connectivity index (χ0) is 17.1. The normalized spacial score (nSPS) is 10.7. The second kappa shape index (κ2) is 6.78. The van der Waals surface area contributed by atoms with Gasteiger partial charge < -0.3 is 5.32 Å². The molecule has 5 nitrogen and oxygen atoms in total. The lowest BCUT2D eigenvalue weighted by atomic mass is 10.2. The van der Waals surface area contributed by atoms with Crippen molar-refractivity contribution < 1.29 is 4.79 Å². The van der Waals surface area contributed by atoms with Crippen molar-refractivity contribution in [2.45, 2.75) is 9.92 Å². The smallest absolute Gasteiger partial charge is 0.256 e. The van der Waals surface area contributed by atoms with Crippen LogP contribution in [0.25, 0.3) is 5.65 Å². The number of hydrogen-bond donors (Lipinski definition) is 1. The summed E-state index contributed by atoms with van der Waals surface area (Å²) in [4.78, 5) is 17.7. The van der Waals surface area contributed by atoms with Crippen LogP contribution in [-0.4, -0.2) is 20.5 Å². The number of nitrogens with zero attached hydrogens (tertiary/aromatic N) is 3. The van der Waals surface area contributed by atoms with Crippen LogP contribution >= 0.6 is 11.8 Å². The Bertz CT molecular complexity index is 1030. The van der Waals surface area contributed by atoms with Crippen LogP contribution < -0.4 is 5.32 Å². The lowest BCUT2D eigenvalue weighted by Gasteiger charge is -2.09. The molecule has 0 saturated carbocycles. The molecule has 0 aliphatic rings. The van der Waals surface area contributed by atoms with Crippen molar-refractivity contribution in [3.63, 3.8) is 0 Å². The number of imidazole rings is 1. The van der Waals surface area contributed by atoms with Gasteiger partial charge in [-0.2, -0.15) is 5.10 Å². The number of hydrogen-bond acceptors (Lipinski definition) is 4. The highest BCUT2D eigenvalue weighted by atomic mass is 32.2. The molecule has 25 heavy (non-hydrogen) atoms. The Morgan fingerprint density at radius 3 is 2.64 bits per heavy atom. The van der Waals surface area contributed by atoms with Crippen molar-refractivity contribution >= 4 is 29.0 Å². The van der Waals surface area contributed by atoms with E-state index in [4.69, 9.17) is 0 Å². The van der Waals surface area contributed by atoms with Gasteiger partial charge in [-0.05, 0) is 36.4 Å². The monoisotopic (exact) mass is 346 g/mol. The summed E-state index contributed by atoms with van der Waals surface area (Å²) in [6, 6.07) is 20.7. The highest BCUT2D eigenvalue weighted by molar-refractivity contribution is 7.99. The molecule has 0 radical (unpaired) electrons. The molecule has 4 aromatic rings. The topological polar surface area (TPSA) is 59.3 Å². The summed E-state index contributed by atoms with van der Waals surface area (Å²) in [6.45, 7) is 0. The Morgan fingerprint density at radius 1 is 0.960 bits per heavy atom. The Hall–Kier alpha value is -3.12. The van der Waals surface area contributed by atoms with Crippen molar-refractivity contribution in [3.05, 3.63) is 84.7 Å². The molecule has 0 aliphatic carbocycles. The number of benzene rings is 2. The maximum Gasteiger partial charge on any atom is 0.256 e. The zero-order valence-corrected chi connectivity index (χ0v) is 14.0. The number of anilines is 1. The second-order valence-electron chi connectivity index (χ2n) is 5.32. The first-order valence-corrected chi connectivity index (χ1v) is 8.55. The maximum absolute atomic E-state index is 12.6. The van der Waals surface area contributed by atoms with E-state index in [0.717, 1.165) is 21.3 Å². The molecule has 2 heterocycles. The summed E-state index contributed by atoms with van der Waals surface area (Å²) in [5.41, 5.74) is 2.17. The van der Waals surface area contributed by atoms with Gasteiger partial charge in [0, 0.05) is 23.0 Å². The van der Waals surface area contributed by atoms with Gasteiger partial charge in [-0.15, -0.1) is 0 Å². The predicted molar refractivity (Wildman–Crippen MR) is 97.9 cm³/mol. The Balaban J connectivity index is 1.61. The molecule has 6 heteroatoms. The molecule has 0 saturated heterocycles. The second-order valence-corrected chi connectivity index (χ2v) is 6.38. The molecule has 2 aromatic heterocycles. The van der Waals surface area contributed by atoms with Crippen LogP contribution in [0.1, 0.15) is 10.4 Å². The van der Waals surface area contributed by atoms with E-state index >= 15 is 0 Å². The quantitative estimate of drug-likeness (QED) is 0.603. The van der Waals surface area contributed by atoms with Crippen molar-refractivity contribution in [2.75, 3.05) is 5.32 Å². The first kappa shape index (κ1) is 15.4. The minimum atomic E-state index is -0.141. The van der Waals surface area contributed by atoms with Gasteiger partial charge in [0.2, 0.25) is 0 Å². The third-order valence-corrected chi connectivity index (χ3v) is 4.61. The Kier molecular flexibility index (Phi) is 4.18. The fraction of sp³-hybridized carbons (Fsp3) is 0. The van der Waals surface area contributed by atoms with Gasteiger partial charge in [0.25, 0.3) is 5.91 Å². The zero-order valence-electron chi connectivity index (χ0n) is 13.2. The van der Waals surface area contributed by atoms with E-state index in [1.807, 2.05) is 66.7 Å². The number of carbonyl (C=O) groups is 1. The summed E-state index contributed by atoms with van der Waals surface area (Å²) < 4.78 is 1.72. The minimum Gasteiger partial charge on any atom is -0.322 e. The molecular formula is C19H14N4OS. The number of para-hydroxylation sites is 1. The largest absolute Gasteiger partial charge is 0.322 e. The molecule has 122 valence electrons. The van der Waals surface area contributed by atoms with Crippen LogP contribution in [0.4, 0.5) is 5.69 Å². The molecule has 2 aromatic carbocycles. The average molecular weight is 346 g/mol. The van der Waals surface area contributed by atoms with E-state index in [9.17, 15) is 4.79 Å². The molecule has 1 amide bonds. The van der Waals surface area contributed by atoms with Gasteiger partial charge in [0.15, 0.2) is 5.65 Å². The molecule has 0 atom stereocenters. The van der Waals surface area contributed by atoms with Crippen LogP contribution in [0.5, 0.6) is 0 Å². The SMILES string of the molecule is O=C(Nc1ccccc1)c1ccccc1Sc1ccc2nccn2n1. The molecular weight excluding hydrogens is 332 g/mol. The number of amides is 1. The van der Waals surface area contributed by atoms with E-state index in [0.29, 0.717) is 5.56 Å². The molecule has 0 bridgehead atoms. The third kappa shape index (κ3) is 3.39. The summed E-state index contributed by atoms with van der Waals surface area (Å²) in [6.07, 6.45) is 3.51. The standard InChI is InChI=1S/C19H14N4OS/c24-19(21-14-6-2-1-3-7-14)15-8-4-5-9-16(15)25-18-11-10-17-20-12-13-23(17)22-18/h1-13H,(H,21,24). The number of aromatic nitrogens is 3. The first-order valence-electron chi connectivity index (χ1n) is 7.73. The van der Waals surface area contributed by atoms with Crippen molar-refractivity contribution in [1.29, 1.82) is 0 Å². The summed E-state index contributed by atoms with van der Waals surface area (Å²) in [5.74, 6) is -0.141. The fourth-order valence-corrected chi connectivity index (χ4v) is 3.34. The van der Waals surface area contributed by atoms with E-state index in [-0.39, 0.29) is 5.91 Å². The van der Waals surface area contributed by atoms with Crippen LogP contribution in [0.15, 0.2) is 89.0 Å². The van der Waals surface area contributed by atoms with Crippen LogP contribution in [-0.2, 0) is 0 Å². The van der Waals surface area contributed by atoms with Gasteiger partial charge in [0.05, 0.1) is 5.56 Å². The van der Waals surface area contributed by atoms with Gasteiger partial charge >= 0.3 is 0 Å². The van der Waals surface area contributed by atoms with Crippen LogP contribution in [0, 0.1) is 0 Å². The highest BCUT2D eigenvalue weighted by Gasteiger charge is 2.13. The number of nitrogens with one attached hydrogen (secondary N) is 1. The van der Waals surface area contributed by atoms with Crippen LogP contribution in [0.2, 0.25) is 0 Å². The molecule has 0 fully saturated rings. The number of fused-ring (bicyclic) bond motifs is 1. The maximum atomic E-state index is 12.6. The molecule has 1 N–H and O–H groups in total. The molecule has 0 spiro atoms. The highest BCUT2D eigenvalue weighted by Crippen LogP contribution is 2.29. The van der Waals surface area contributed by atoms with E-state index in [1.165, 1.54) is 11.8 Å². The van der Waals surface area contributed by atoms with E-state index in [1.54, 1.807) is 16.9 Å². The predicted octanol–water partition coefficient (Wildman–Crippen LogP) is 4.13. The van der Waals surface area contributed by atoms with Crippen molar-refractivity contribution in [2.24, 2.45) is 0 Å². The van der Waals surface area contributed by atoms with E-state index in [2.05, 4.69) is 15.4 Å². The van der Waals surface area contributed by atoms with Gasteiger partial charge in [0.1, 0.15) is 5.03 Å². The van der Waals surface area contributed by atoms with Gasteiger partial charge in [-0.1, -0.05) is 42.1 Å². The third-order valence-electron chi connectivity index (χ3n) is 3.61. The number of carbonyl (C=O) groups excluding carboxylic acids is 1. The minimum absolute atomic E-state index is 0.141. The fourth-order valence-electron chi connectivity index (χ4n) is 2.43. The summed E-state index contributed by atoms with van der Waals surface area (Å²) in [5, 5.41) is 8.22. The first-order chi connectivity index (χ1) is 12.3. The van der Waals surface area contributed by atoms with Crippen molar-refractivity contribution in [1.82, 2.24) is 14.6 Å². The van der Waals surface area contributed by atoms with E-state index < -0.39 is 0 Å². The molecule has 4 rings (SSSR count). The van der Waals surface area contributed by atoms with Crippen LogP contribution in [0.3, 0.4) is 0 Å². The molecule has 0 unspecified atom stereocenters. The Morgan fingerprint density at radius 2 is 1.76 bits per heavy atom. The summed E-state index contributed by atoms with van der Waals surface area (Å²) in [7, 11) is 0. The summed E-state index contributed by atoms with van der Waals surface area (Å²) >= 11 is 1.45. The molecule has 0 aliphatic heterocycles. The number of rotatable bonds is 4.